The Morgan fingerprint density at radius 2 is 1.50 bits per heavy atom. The topological polar surface area (TPSA) is 93.7 Å². The number of nitrogens with one attached hydrogen (secondary N) is 2. The molecule has 0 bridgehead atoms. The second kappa shape index (κ2) is 15.0. The van der Waals surface area contributed by atoms with Gasteiger partial charge in [0.1, 0.15) is 17.6 Å². The molecule has 2 N–H and O–H groups in total. The first-order valence-corrected chi connectivity index (χ1v) is 14.5. The van der Waals surface area contributed by atoms with Crippen LogP contribution in [0.3, 0.4) is 0 Å². The number of halogens is 1. The second-order valence-corrected chi connectivity index (χ2v) is 10.9. The van der Waals surface area contributed by atoms with Gasteiger partial charge in [-0.25, -0.2) is 9.18 Å². The van der Waals surface area contributed by atoms with Crippen molar-refractivity contribution >= 4 is 23.3 Å². The summed E-state index contributed by atoms with van der Waals surface area (Å²) in [5.41, 5.74) is 1.78. The number of hydrogen-bond donors (Lipinski definition) is 2. The molecular weight excluding hydrogens is 559 g/mol. The third-order valence-electron chi connectivity index (χ3n) is 7.38. The van der Waals surface area contributed by atoms with Gasteiger partial charge in [0, 0.05) is 35.3 Å². The van der Waals surface area contributed by atoms with Gasteiger partial charge in [-0.2, -0.15) is 0 Å². The number of para-hydroxylation sites is 1. The van der Waals surface area contributed by atoms with E-state index in [1.54, 1.807) is 68.4 Å². The molecule has 0 aliphatic rings. The Labute approximate surface area is 257 Å². The smallest absolute Gasteiger partial charge is 0.328 e. The second-order valence-electron chi connectivity index (χ2n) is 10.9. The fourth-order valence-corrected chi connectivity index (χ4v) is 4.81. The van der Waals surface area contributed by atoms with Gasteiger partial charge in [-0.15, -0.1) is 0 Å². The molecule has 4 aromatic carbocycles. The van der Waals surface area contributed by atoms with Crippen LogP contribution in [0.4, 0.5) is 10.1 Å². The van der Waals surface area contributed by atoms with Gasteiger partial charge in [0.05, 0.1) is 19.1 Å². The van der Waals surface area contributed by atoms with Crippen LogP contribution in [0.5, 0.6) is 5.75 Å². The number of hydrogen-bond acceptors (Lipinski definition) is 6. The summed E-state index contributed by atoms with van der Waals surface area (Å²) >= 11 is 0. The van der Waals surface area contributed by atoms with E-state index in [2.05, 4.69) is 10.6 Å². The van der Waals surface area contributed by atoms with Crippen LogP contribution in [0.25, 0.3) is 0 Å². The number of methoxy groups -OCH3 is 1. The molecule has 0 aromatic heterocycles. The molecular formula is C36H37FN2O5. The van der Waals surface area contributed by atoms with Crippen molar-refractivity contribution in [2.75, 3.05) is 25.6 Å². The van der Waals surface area contributed by atoms with Crippen LogP contribution in [-0.4, -0.2) is 44.0 Å². The Kier molecular flexibility index (Phi) is 10.9. The highest BCUT2D eigenvalue weighted by atomic mass is 19.1. The summed E-state index contributed by atoms with van der Waals surface area (Å²) < 4.78 is 25.1. The van der Waals surface area contributed by atoms with Gasteiger partial charge in [-0.1, -0.05) is 72.8 Å². The predicted molar refractivity (Wildman–Crippen MR) is 168 cm³/mol. The number of esters is 1. The van der Waals surface area contributed by atoms with Gasteiger partial charge in [0.25, 0.3) is 0 Å². The lowest BCUT2D eigenvalue weighted by molar-refractivity contribution is -0.141. The average Bonchev–Trinajstić information content (AvgIpc) is 3.05. The number of anilines is 1. The van der Waals surface area contributed by atoms with Gasteiger partial charge in [-0.3, -0.25) is 9.59 Å². The van der Waals surface area contributed by atoms with E-state index in [-0.39, 0.29) is 11.7 Å². The molecule has 4 rings (SSSR count). The highest BCUT2D eigenvalue weighted by molar-refractivity contribution is 6.12. The monoisotopic (exact) mass is 596 g/mol. The van der Waals surface area contributed by atoms with Gasteiger partial charge in [0.2, 0.25) is 5.91 Å². The lowest BCUT2D eigenvalue weighted by atomic mass is 9.83. The van der Waals surface area contributed by atoms with E-state index in [1.165, 1.54) is 13.2 Å². The SMILES string of the molecule is COC(=O)C(Cc1ccc(OCCCNC(=O)C(C)(C)c2ccccc2F)cc1)Nc1ccccc1C(=O)c1ccccc1. The Balaban J connectivity index is 1.30. The van der Waals surface area contributed by atoms with Crippen molar-refractivity contribution in [1.29, 1.82) is 0 Å². The lowest BCUT2D eigenvalue weighted by Crippen LogP contribution is -2.41. The number of ketones is 1. The van der Waals surface area contributed by atoms with Crippen molar-refractivity contribution in [1.82, 2.24) is 5.32 Å². The van der Waals surface area contributed by atoms with Gasteiger partial charge < -0.3 is 20.1 Å². The highest BCUT2D eigenvalue weighted by Crippen LogP contribution is 2.26. The summed E-state index contributed by atoms with van der Waals surface area (Å²) in [6.45, 7) is 4.15. The number of carbonyl (C=O) groups excluding carboxylic acids is 3. The maximum atomic E-state index is 14.2. The molecule has 4 aromatic rings. The van der Waals surface area contributed by atoms with E-state index in [0.29, 0.717) is 54.1 Å². The van der Waals surface area contributed by atoms with E-state index in [1.807, 2.05) is 42.5 Å². The van der Waals surface area contributed by atoms with Crippen LogP contribution < -0.4 is 15.4 Å². The fraction of sp³-hybridized carbons (Fsp3) is 0.250. The van der Waals surface area contributed by atoms with Gasteiger partial charge >= 0.3 is 5.97 Å². The maximum Gasteiger partial charge on any atom is 0.328 e. The van der Waals surface area contributed by atoms with Crippen LogP contribution in [-0.2, 0) is 26.2 Å². The van der Waals surface area contributed by atoms with Gasteiger partial charge in [-0.05, 0) is 56.2 Å². The molecule has 0 aliphatic heterocycles. The molecule has 8 heteroatoms. The summed E-state index contributed by atoms with van der Waals surface area (Å²) in [5.74, 6) is -0.614. The molecule has 0 saturated carbocycles. The first-order chi connectivity index (χ1) is 21.2. The molecule has 1 atom stereocenters. The molecule has 0 radical (unpaired) electrons. The summed E-state index contributed by atoms with van der Waals surface area (Å²) in [4.78, 5) is 38.6. The third kappa shape index (κ3) is 8.10. The minimum Gasteiger partial charge on any atom is -0.494 e. The first kappa shape index (κ1) is 31.9. The zero-order valence-corrected chi connectivity index (χ0v) is 25.1. The highest BCUT2D eigenvalue weighted by Gasteiger charge is 2.31. The number of benzene rings is 4. The predicted octanol–water partition coefficient (Wildman–Crippen LogP) is 6.12. The summed E-state index contributed by atoms with van der Waals surface area (Å²) in [7, 11) is 1.33. The van der Waals surface area contributed by atoms with Crippen LogP contribution >= 0.6 is 0 Å². The Morgan fingerprint density at radius 1 is 0.841 bits per heavy atom. The van der Waals surface area contributed by atoms with Crippen molar-refractivity contribution in [3.05, 3.63) is 131 Å². The Hall–Kier alpha value is -4.98. The minimum absolute atomic E-state index is 0.146. The van der Waals surface area contributed by atoms with Crippen LogP contribution in [0.1, 0.15) is 47.3 Å². The van der Waals surface area contributed by atoms with E-state index >= 15 is 0 Å². The average molecular weight is 597 g/mol. The number of rotatable bonds is 14. The molecule has 0 spiro atoms. The summed E-state index contributed by atoms with van der Waals surface area (Å²) in [6.07, 6.45) is 0.890. The van der Waals surface area contributed by atoms with Crippen molar-refractivity contribution < 1.29 is 28.2 Å². The Bertz CT molecular complexity index is 1570. The summed E-state index contributed by atoms with van der Waals surface area (Å²) in [5, 5.41) is 6.08. The molecule has 1 amide bonds. The van der Waals surface area contributed by atoms with E-state index in [4.69, 9.17) is 9.47 Å². The summed E-state index contributed by atoms with van der Waals surface area (Å²) in [6, 6.07) is 29.0. The largest absolute Gasteiger partial charge is 0.494 e. The molecule has 228 valence electrons. The molecule has 1 unspecified atom stereocenters. The van der Waals surface area contributed by atoms with E-state index < -0.39 is 23.2 Å². The first-order valence-electron chi connectivity index (χ1n) is 14.5. The van der Waals surface area contributed by atoms with Gasteiger partial charge in [0.15, 0.2) is 5.78 Å². The molecule has 0 heterocycles. The van der Waals surface area contributed by atoms with Crippen molar-refractivity contribution in [2.24, 2.45) is 0 Å². The van der Waals surface area contributed by atoms with E-state index in [9.17, 15) is 18.8 Å². The normalized spacial score (nSPS) is 11.7. The molecule has 0 saturated heterocycles. The third-order valence-corrected chi connectivity index (χ3v) is 7.38. The standard InChI is InChI=1S/C36H37FN2O5/c1-36(2,29-15-8-9-16-30(29)37)35(42)38-22-11-23-44-27-20-18-25(19-21-27)24-32(34(41)43-3)39-31-17-10-7-14-28(31)33(40)26-12-5-4-6-13-26/h4-10,12-21,32,39H,11,22-24H2,1-3H3,(H,38,42). The molecule has 0 fully saturated rings. The maximum absolute atomic E-state index is 14.2. The number of carbonyl (C=O) groups is 3. The van der Waals surface area contributed by atoms with E-state index in [0.717, 1.165) is 5.56 Å². The molecule has 0 aliphatic carbocycles. The number of amides is 1. The zero-order chi connectivity index (χ0) is 31.5. The van der Waals surface area contributed by atoms with Crippen molar-refractivity contribution in [2.45, 2.75) is 38.1 Å². The van der Waals surface area contributed by atoms with Crippen LogP contribution in [0.15, 0.2) is 103 Å². The van der Waals surface area contributed by atoms with Crippen LogP contribution in [0, 0.1) is 5.82 Å². The minimum atomic E-state index is -1.00. The Morgan fingerprint density at radius 3 is 2.20 bits per heavy atom. The fourth-order valence-electron chi connectivity index (χ4n) is 4.81. The zero-order valence-electron chi connectivity index (χ0n) is 25.1. The molecule has 44 heavy (non-hydrogen) atoms. The van der Waals surface area contributed by atoms with Crippen LogP contribution in [0.2, 0.25) is 0 Å². The van der Waals surface area contributed by atoms with Crippen molar-refractivity contribution in [3.63, 3.8) is 0 Å². The molecule has 7 nitrogen and oxygen atoms in total. The quantitative estimate of drug-likeness (QED) is 0.104. The lowest BCUT2D eigenvalue weighted by Gasteiger charge is -2.24. The van der Waals surface area contributed by atoms with Crippen molar-refractivity contribution in [3.8, 4) is 5.75 Å². The number of ether oxygens (including phenoxy) is 2.